The van der Waals surface area contributed by atoms with Gasteiger partial charge in [-0.2, -0.15) is 0 Å². The number of benzene rings is 1. The number of ether oxygens (including phenoxy) is 1. The zero-order valence-electron chi connectivity index (χ0n) is 10.5. The third kappa shape index (κ3) is 3.91. The molecule has 2 rings (SSSR count). The van der Waals surface area contributed by atoms with Gasteiger partial charge in [0.05, 0.1) is 5.02 Å². The van der Waals surface area contributed by atoms with Crippen molar-refractivity contribution >= 4 is 11.6 Å². The molecule has 1 heterocycles. The van der Waals surface area contributed by atoms with Gasteiger partial charge in [-0.25, -0.2) is 9.37 Å². The van der Waals surface area contributed by atoms with E-state index in [0.29, 0.717) is 11.6 Å². The molecule has 0 bridgehead atoms. The first-order chi connectivity index (χ1) is 9.19. The molecule has 0 aliphatic rings. The second kappa shape index (κ2) is 6.50. The van der Waals surface area contributed by atoms with Crippen molar-refractivity contribution in [3.8, 4) is 11.6 Å². The summed E-state index contributed by atoms with van der Waals surface area (Å²) in [7, 11) is 0. The molecule has 0 amide bonds. The van der Waals surface area contributed by atoms with Crippen molar-refractivity contribution in [1.29, 1.82) is 0 Å². The summed E-state index contributed by atoms with van der Waals surface area (Å²) < 4.78 is 18.6. The largest absolute Gasteiger partial charge is 0.439 e. The lowest BCUT2D eigenvalue weighted by atomic mass is 10.2. The third-order valence-electron chi connectivity index (χ3n) is 2.49. The average molecular weight is 281 g/mol. The van der Waals surface area contributed by atoms with Crippen LogP contribution < -0.4 is 10.1 Å². The van der Waals surface area contributed by atoms with Crippen LogP contribution in [0.1, 0.15) is 12.5 Å². The fraction of sp³-hybridized carbons (Fsp3) is 0.214. The number of aromatic nitrogens is 1. The zero-order chi connectivity index (χ0) is 13.7. The van der Waals surface area contributed by atoms with Crippen LogP contribution in [0.15, 0.2) is 36.5 Å². The van der Waals surface area contributed by atoms with E-state index in [1.54, 1.807) is 6.20 Å². The van der Waals surface area contributed by atoms with Crippen LogP contribution in [-0.2, 0) is 6.54 Å². The Kier molecular flexibility index (Phi) is 4.71. The highest BCUT2D eigenvalue weighted by atomic mass is 35.5. The number of nitrogens with zero attached hydrogens (tertiary/aromatic N) is 1. The minimum Gasteiger partial charge on any atom is -0.439 e. The standard InChI is InChI=1S/C14H14ClFN2O/c1-2-17-9-10-5-6-18-14(7-10)19-11-3-4-13(16)12(15)8-11/h3-8,17H,2,9H2,1H3. The smallest absolute Gasteiger partial charge is 0.219 e. The summed E-state index contributed by atoms with van der Waals surface area (Å²) in [5.74, 6) is 0.445. The number of hydrogen-bond donors (Lipinski definition) is 1. The number of pyridine rings is 1. The van der Waals surface area contributed by atoms with E-state index in [1.807, 2.05) is 19.1 Å². The Bertz CT molecular complexity index is 563. The molecule has 100 valence electrons. The van der Waals surface area contributed by atoms with E-state index >= 15 is 0 Å². The summed E-state index contributed by atoms with van der Waals surface area (Å²) in [6.07, 6.45) is 1.67. The molecule has 0 aliphatic carbocycles. The summed E-state index contributed by atoms with van der Waals surface area (Å²) >= 11 is 5.69. The van der Waals surface area contributed by atoms with Crippen LogP contribution >= 0.6 is 11.6 Å². The van der Waals surface area contributed by atoms with Gasteiger partial charge in [0.2, 0.25) is 5.88 Å². The molecule has 0 radical (unpaired) electrons. The lowest BCUT2D eigenvalue weighted by Crippen LogP contribution is -2.11. The topological polar surface area (TPSA) is 34.2 Å². The van der Waals surface area contributed by atoms with E-state index in [1.165, 1.54) is 18.2 Å². The minimum atomic E-state index is -0.470. The Morgan fingerprint density at radius 2 is 2.16 bits per heavy atom. The van der Waals surface area contributed by atoms with Crippen molar-refractivity contribution in [2.24, 2.45) is 0 Å². The summed E-state index contributed by atoms with van der Waals surface area (Å²) in [6, 6.07) is 7.95. The molecule has 0 saturated heterocycles. The van der Waals surface area contributed by atoms with Crippen LogP contribution in [0.4, 0.5) is 4.39 Å². The first-order valence-electron chi connectivity index (χ1n) is 5.97. The number of hydrogen-bond acceptors (Lipinski definition) is 3. The van der Waals surface area contributed by atoms with E-state index in [9.17, 15) is 4.39 Å². The van der Waals surface area contributed by atoms with Gasteiger partial charge in [-0.3, -0.25) is 0 Å². The molecule has 1 aromatic carbocycles. The predicted molar refractivity (Wildman–Crippen MR) is 73.1 cm³/mol. The molecule has 19 heavy (non-hydrogen) atoms. The molecule has 0 aliphatic heterocycles. The van der Waals surface area contributed by atoms with Crippen LogP contribution in [0.3, 0.4) is 0 Å². The quantitative estimate of drug-likeness (QED) is 0.905. The van der Waals surface area contributed by atoms with Crippen molar-refractivity contribution in [2.75, 3.05) is 6.54 Å². The van der Waals surface area contributed by atoms with Gasteiger partial charge in [0.1, 0.15) is 11.6 Å². The number of rotatable bonds is 5. The maximum absolute atomic E-state index is 13.0. The van der Waals surface area contributed by atoms with Gasteiger partial charge >= 0.3 is 0 Å². The number of halogens is 2. The molecule has 0 atom stereocenters. The molecule has 1 N–H and O–H groups in total. The lowest BCUT2D eigenvalue weighted by Gasteiger charge is -2.07. The molecular weight excluding hydrogens is 267 g/mol. The lowest BCUT2D eigenvalue weighted by molar-refractivity contribution is 0.460. The molecular formula is C14H14ClFN2O. The van der Waals surface area contributed by atoms with Gasteiger partial charge in [-0.05, 0) is 30.3 Å². The summed E-state index contributed by atoms with van der Waals surface area (Å²) in [6.45, 7) is 3.69. The Labute approximate surface area is 116 Å². The van der Waals surface area contributed by atoms with Crippen LogP contribution in [0.5, 0.6) is 11.6 Å². The first-order valence-corrected chi connectivity index (χ1v) is 6.35. The van der Waals surface area contributed by atoms with E-state index in [0.717, 1.165) is 18.7 Å². The van der Waals surface area contributed by atoms with Crippen molar-refractivity contribution in [1.82, 2.24) is 10.3 Å². The van der Waals surface area contributed by atoms with Crippen LogP contribution in [0.25, 0.3) is 0 Å². The second-order valence-electron chi connectivity index (χ2n) is 3.96. The average Bonchev–Trinajstić information content (AvgIpc) is 2.41. The minimum absolute atomic E-state index is 0.0290. The van der Waals surface area contributed by atoms with Crippen LogP contribution in [0, 0.1) is 5.82 Å². The molecule has 5 heteroatoms. The van der Waals surface area contributed by atoms with Gasteiger partial charge in [0.15, 0.2) is 0 Å². The van der Waals surface area contributed by atoms with Gasteiger partial charge in [-0.1, -0.05) is 18.5 Å². The van der Waals surface area contributed by atoms with E-state index in [2.05, 4.69) is 10.3 Å². The molecule has 0 unspecified atom stereocenters. The van der Waals surface area contributed by atoms with Crippen molar-refractivity contribution in [3.05, 3.63) is 52.9 Å². The van der Waals surface area contributed by atoms with Gasteiger partial charge in [0, 0.05) is 24.9 Å². The van der Waals surface area contributed by atoms with E-state index in [-0.39, 0.29) is 5.02 Å². The molecule has 0 fully saturated rings. The second-order valence-corrected chi connectivity index (χ2v) is 4.37. The van der Waals surface area contributed by atoms with E-state index < -0.39 is 5.82 Å². The summed E-state index contributed by atoms with van der Waals surface area (Å²) in [5, 5.41) is 3.25. The molecule has 2 aromatic rings. The van der Waals surface area contributed by atoms with Crippen molar-refractivity contribution in [3.63, 3.8) is 0 Å². The highest BCUT2D eigenvalue weighted by Gasteiger charge is 2.04. The Morgan fingerprint density at radius 1 is 1.32 bits per heavy atom. The fourth-order valence-electron chi connectivity index (χ4n) is 1.55. The normalized spacial score (nSPS) is 10.5. The summed E-state index contributed by atoms with van der Waals surface area (Å²) in [4.78, 5) is 4.11. The Hall–Kier alpha value is -1.65. The van der Waals surface area contributed by atoms with Crippen LogP contribution in [0.2, 0.25) is 5.02 Å². The monoisotopic (exact) mass is 280 g/mol. The zero-order valence-corrected chi connectivity index (χ0v) is 11.2. The number of nitrogens with one attached hydrogen (secondary N) is 1. The van der Waals surface area contributed by atoms with Gasteiger partial charge in [0.25, 0.3) is 0 Å². The first kappa shape index (κ1) is 13.8. The van der Waals surface area contributed by atoms with Gasteiger partial charge < -0.3 is 10.1 Å². The SMILES string of the molecule is CCNCc1ccnc(Oc2ccc(F)c(Cl)c2)c1. The highest BCUT2D eigenvalue weighted by molar-refractivity contribution is 6.30. The molecule has 0 spiro atoms. The van der Waals surface area contributed by atoms with E-state index in [4.69, 9.17) is 16.3 Å². The van der Waals surface area contributed by atoms with Crippen LogP contribution in [-0.4, -0.2) is 11.5 Å². The fourth-order valence-corrected chi connectivity index (χ4v) is 1.72. The third-order valence-corrected chi connectivity index (χ3v) is 2.78. The molecule has 0 saturated carbocycles. The molecule has 1 aromatic heterocycles. The predicted octanol–water partition coefficient (Wildman–Crippen LogP) is 3.78. The Morgan fingerprint density at radius 3 is 2.89 bits per heavy atom. The summed E-state index contributed by atoms with van der Waals surface area (Å²) in [5.41, 5.74) is 1.07. The van der Waals surface area contributed by atoms with Crippen molar-refractivity contribution in [2.45, 2.75) is 13.5 Å². The highest BCUT2D eigenvalue weighted by Crippen LogP contribution is 2.25. The van der Waals surface area contributed by atoms with Gasteiger partial charge in [-0.15, -0.1) is 0 Å². The maximum atomic E-state index is 13.0. The maximum Gasteiger partial charge on any atom is 0.219 e. The molecule has 3 nitrogen and oxygen atoms in total. The Balaban J connectivity index is 2.11. The van der Waals surface area contributed by atoms with Crippen molar-refractivity contribution < 1.29 is 9.13 Å².